The number of methoxy groups -OCH3 is 1. The lowest BCUT2D eigenvalue weighted by Gasteiger charge is -2.46. The lowest BCUT2D eigenvalue weighted by Crippen LogP contribution is -2.65. The van der Waals surface area contributed by atoms with Crippen molar-refractivity contribution in [2.24, 2.45) is 0 Å². The first-order valence-corrected chi connectivity index (χ1v) is 17.8. The Morgan fingerprint density at radius 1 is 0.780 bits per heavy atom. The van der Waals surface area contributed by atoms with Crippen LogP contribution in [0.15, 0.2) is 69.9 Å². The van der Waals surface area contributed by atoms with Gasteiger partial charge in [0, 0.05) is 36.8 Å². The minimum atomic E-state index is -2.00. The van der Waals surface area contributed by atoms with Gasteiger partial charge in [0.25, 0.3) is 0 Å². The van der Waals surface area contributed by atoms with Crippen LogP contribution in [0.4, 0.5) is 0 Å². The predicted octanol–water partition coefficient (Wildman–Crippen LogP) is 0.129. The zero-order chi connectivity index (χ0) is 42.7. The van der Waals surface area contributed by atoms with Crippen LogP contribution in [-0.4, -0.2) is 140 Å². The fourth-order valence-electron chi connectivity index (χ4n) is 6.33. The van der Waals surface area contributed by atoms with Crippen LogP contribution >= 0.6 is 0 Å². The number of aromatic hydroxyl groups is 4. The molecular weight excluding hydrogens is 788 g/mol. The molecule has 3 aromatic carbocycles. The highest BCUT2D eigenvalue weighted by Crippen LogP contribution is 2.37. The van der Waals surface area contributed by atoms with Crippen molar-refractivity contribution in [1.82, 2.24) is 0 Å². The average Bonchev–Trinajstić information content (AvgIpc) is 3.19. The fourth-order valence-corrected chi connectivity index (χ4v) is 6.33. The Bertz CT molecular complexity index is 2250. The van der Waals surface area contributed by atoms with Crippen LogP contribution in [0.2, 0.25) is 0 Å². The number of benzene rings is 3. The average molecular weight is 829 g/mol. The van der Waals surface area contributed by atoms with Crippen LogP contribution < -0.4 is 14.9 Å². The summed E-state index contributed by atoms with van der Waals surface area (Å²) in [4.78, 5) is 37.8. The molecule has 20 heteroatoms. The van der Waals surface area contributed by atoms with E-state index in [4.69, 9.17) is 37.6 Å². The van der Waals surface area contributed by atoms with Gasteiger partial charge in [0.05, 0.1) is 13.7 Å². The third-order valence-electron chi connectivity index (χ3n) is 9.37. The number of esters is 2. The predicted molar refractivity (Wildman–Crippen MR) is 197 cm³/mol. The summed E-state index contributed by atoms with van der Waals surface area (Å²) < 4.78 is 44.9. The molecule has 0 radical (unpaired) electrons. The summed E-state index contributed by atoms with van der Waals surface area (Å²) >= 11 is 0. The van der Waals surface area contributed by atoms with Gasteiger partial charge in [-0.25, -0.2) is 4.79 Å². The van der Waals surface area contributed by atoms with Gasteiger partial charge in [0.2, 0.25) is 6.29 Å². The maximum absolute atomic E-state index is 13.1. The highest BCUT2D eigenvalue weighted by atomic mass is 16.8. The molecule has 59 heavy (non-hydrogen) atoms. The first kappa shape index (κ1) is 42.6. The first-order chi connectivity index (χ1) is 28.1. The third-order valence-corrected chi connectivity index (χ3v) is 9.37. The van der Waals surface area contributed by atoms with Crippen LogP contribution in [0.5, 0.6) is 34.5 Å². The van der Waals surface area contributed by atoms with Crippen LogP contribution in [0.25, 0.3) is 28.4 Å². The Morgan fingerprint density at radius 2 is 1.47 bits per heavy atom. The molecule has 0 amide bonds. The van der Waals surface area contributed by atoms with Crippen molar-refractivity contribution >= 4 is 29.0 Å². The van der Waals surface area contributed by atoms with Crippen molar-refractivity contribution in [3.63, 3.8) is 0 Å². The number of carbonyl (C=O) groups is 2. The molecule has 4 aromatic rings. The van der Waals surface area contributed by atoms with Crippen LogP contribution in [0.3, 0.4) is 0 Å². The second kappa shape index (κ2) is 17.9. The molecule has 10 atom stereocenters. The highest BCUT2D eigenvalue weighted by Gasteiger charge is 2.53. The Kier molecular flexibility index (Phi) is 12.9. The SMILES string of the molecule is COc1cc(-c2cc(=O)c3c(O)cc(OC4OC(CO)C(O)C(O)C4OC4OC(COC(C)=O)C(O)C(O)C4OC(=O)C=Cc4ccc(O)c(O)c4)cc3o2)ccc1O. The monoisotopic (exact) mass is 828 g/mol. The molecule has 1 aromatic heterocycles. The molecule has 0 aliphatic carbocycles. The topological polar surface area (TPSA) is 311 Å². The van der Waals surface area contributed by atoms with E-state index in [0.29, 0.717) is 5.56 Å². The van der Waals surface area contributed by atoms with Gasteiger partial charge in [-0.15, -0.1) is 0 Å². The summed E-state index contributed by atoms with van der Waals surface area (Å²) in [5, 5.41) is 94.2. The molecule has 2 fully saturated rings. The Balaban J connectivity index is 1.32. The van der Waals surface area contributed by atoms with Crippen molar-refractivity contribution in [1.29, 1.82) is 0 Å². The maximum Gasteiger partial charge on any atom is 0.331 e. The Labute approximate surface area is 332 Å². The van der Waals surface area contributed by atoms with E-state index >= 15 is 0 Å². The van der Waals surface area contributed by atoms with Crippen LogP contribution in [0, 0.1) is 0 Å². The third kappa shape index (κ3) is 9.35. The van der Waals surface area contributed by atoms with Gasteiger partial charge in [-0.3, -0.25) is 9.59 Å². The van der Waals surface area contributed by atoms with Crippen molar-refractivity contribution in [3.8, 4) is 45.8 Å². The van der Waals surface area contributed by atoms with E-state index in [0.717, 1.165) is 37.3 Å². The number of carbonyl (C=O) groups excluding carboxylic acids is 2. The zero-order valence-electron chi connectivity index (χ0n) is 31.1. The second-order valence-corrected chi connectivity index (χ2v) is 13.4. The molecule has 316 valence electrons. The number of phenols is 4. The van der Waals surface area contributed by atoms with Crippen molar-refractivity contribution in [3.05, 3.63) is 76.5 Å². The van der Waals surface area contributed by atoms with Crippen LogP contribution in [0.1, 0.15) is 12.5 Å². The number of ether oxygens (including phenoxy) is 7. The quantitative estimate of drug-likeness (QED) is 0.0521. The summed E-state index contributed by atoms with van der Waals surface area (Å²) in [5.41, 5.74) is -0.307. The van der Waals surface area contributed by atoms with Gasteiger partial charge in [0.1, 0.15) is 71.5 Å². The van der Waals surface area contributed by atoms with Crippen molar-refractivity contribution in [2.75, 3.05) is 20.3 Å². The number of hydrogen-bond acceptors (Lipinski definition) is 20. The van der Waals surface area contributed by atoms with E-state index in [1.807, 2.05) is 0 Å². The lowest BCUT2D eigenvalue weighted by molar-refractivity contribution is -0.358. The molecule has 2 aliphatic rings. The fraction of sp³-hybridized carbons (Fsp3) is 0.359. The standard InChI is InChI=1S/C39H40O20/c1-16(41)53-15-29-33(49)35(51)36(58-30(47)8-4-17-3-6-20(42)22(44)9-17)39(57-29)59-37-34(50)32(48)28(14-40)56-38(37)54-19-11-23(45)31-24(46)13-25(55-27(31)12-19)18-5-7-21(43)26(10-18)52-2/h3-13,28-29,32-40,42-45,48-51H,14-15H2,1-2H3. The van der Waals surface area contributed by atoms with Gasteiger partial charge < -0.3 is 83.5 Å². The van der Waals surface area contributed by atoms with Gasteiger partial charge in [0.15, 0.2) is 46.9 Å². The molecule has 20 nitrogen and oxygen atoms in total. The molecule has 9 N–H and O–H groups in total. The maximum atomic E-state index is 13.1. The number of hydrogen-bond donors (Lipinski definition) is 9. The number of aliphatic hydroxyl groups is 5. The van der Waals surface area contributed by atoms with Crippen molar-refractivity contribution in [2.45, 2.75) is 68.3 Å². The van der Waals surface area contributed by atoms with Gasteiger partial charge >= 0.3 is 11.9 Å². The molecule has 3 heterocycles. The summed E-state index contributed by atoms with van der Waals surface area (Å²) in [6, 6.07) is 11.1. The molecule has 0 saturated carbocycles. The largest absolute Gasteiger partial charge is 0.507 e. The van der Waals surface area contributed by atoms with Gasteiger partial charge in [-0.2, -0.15) is 0 Å². The summed E-state index contributed by atoms with van der Waals surface area (Å²) in [6.07, 6.45) is -16.1. The highest BCUT2D eigenvalue weighted by molar-refractivity contribution is 5.87. The summed E-state index contributed by atoms with van der Waals surface area (Å²) in [5.74, 6) is -3.79. The zero-order valence-corrected chi connectivity index (χ0v) is 31.1. The number of fused-ring (bicyclic) bond motifs is 1. The van der Waals surface area contributed by atoms with E-state index in [1.165, 1.54) is 43.5 Å². The van der Waals surface area contributed by atoms with E-state index in [-0.39, 0.29) is 39.5 Å². The molecule has 0 spiro atoms. The Hall–Kier alpha value is -5.97. The Morgan fingerprint density at radius 3 is 2.17 bits per heavy atom. The van der Waals surface area contributed by atoms with E-state index < -0.39 is 109 Å². The normalized spacial score (nSPS) is 27.0. The van der Waals surface area contributed by atoms with Crippen molar-refractivity contribution < 1.29 is 93.1 Å². The number of phenolic OH excluding ortho intramolecular Hbond substituents is 4. The second-order valence-electron chi connectivity index (χ2n) is 13.4. The van der Waals surface area contributed by atoms with E-state index in [9.17, 15) is 60.3 Å². The van der Waals surface area contributed by atoms with Gasteiger partial charge in [-0.1, -0.05) is 6.07 Å². The lowest BCUT2D eigenvalue weighted by atomic mass is 9.97. The number of rotatable bonds is 12. The number of aliphatic hydroxyl groups excluding tert-OH is 5. The van der Waals surface area contributed by atoms with E-state index in [2.05, 4.69) is 0 Å². The molecular formula is C39H40O20. The molecule has 6 rings (SSSR count). The summed E-state index contributed by atoms with van der Waals surface area (Å²) in [7, 11) is 1.32. The smallest absolute Gasteiger partial charge is 0.331 e. The minimum absolute atomic E-state index is 0.00140. The van der Waals surface area contributed by atoms with Gasteiger partial charge in [-0.05, 0) is 42.0 Å². The molecule has 0 bridgehead atoms. The van der Waals surface area contributed by atoms with E-state index in [1.54, 1.807) is 0 Å². The molecule has 10 unspecified atom stereocenters. The molecule has 2 saturated heterocycles. The first-order valence-electron chi connectivity index (χ1n) is 17.8. The minimum Gasteiger partial charge on any atom is -0.507 e. The summed E-state index contributed by atoms with van der Waals surface area (Å²) in [6.45, 7) is -0.400. The van der Waals surface area contributed by atoms with Crippen LogP contribution in [-0.2, 0) is 33.3 Å². The molecule has 2 aliphatic heterocycles.